The highest BCUT2D eigenvalue weighted by molar-refractivity contribution is 6.76. The maximum absolute atomic E-state index is 5.99. The molecule has 0 atom stereocenters. The summed E-state index contributed by atoms with van der Waals surface area (Å²) in [6.07, 6.45) is 2.72. The molecule has 0 radical (unpaired) electrons. The topological polar surface area (TPSA) is 27.1 Å². The zero-order valence-corrected chi connectivity index (χ0v) is 16.9. The minimum Gasteiger partial charge on any atom is -0.361 e. The summed E-state index contributed by atoms with van der Waals surface area (Å²) in [5.41, 5.74) is 4.10. The van der Waals surface area contributed by atoms with Gasteiger partial charge in [-0.15, -0.1) is 0 Å². The van der Waals surface area contributed by atoms with Crippen molar-refractivity contribution in [3.05, 3.63) is 59.1 Å². The zero-order valence-electron chi connectivity index (χ0n) is 15.1. The van der Waals surface area contributed by atoms with E-state index in [9.17, 15) is 0 Å². The highest BCUT2D eigenvalue weighted by atomic mass is 35.5. The van der Waals surface area contributed by atoms with E-state index in [1.165, 1.54) is 0 Å². The Labute approximate surface area is 151 Å². The van der Waals surface area contributed by atoms with Crippen molar-refractivity contribution in [2.75, 3.05) is 6.61 Å². The molecule has 0 aliphatic rings. The number of nitrogens with zero attached hydrogens (tertiary/aromatic N) is 2. The van der Waals surface area contributed by atoms with E-state index in [-0.39, 0.29) is 0 Å². The molecule has 5 heteroatoms. The van der Waals surface area contributed by atoms with Crippen LogP contribution in [0.5, 0.6) is 0 Å². The van der Waals surface area contributed by atoms with Gasteiger partial charge in [0.25, 0.3) is 0 Å². The molecule has 1 aromatic carbocycles. The van der Waals surface area contributed by atoms with Gasteiger partial charge in [0.05, 0.1) is 17.7 Å². The number of benzene rings is 1. The monoisotopic (exact) mass is 362 g/mol. The molecule has 0 amide bonds. The fourth-order valence-electron chi connectivity index (χ4n) is 2.46. The molecule has 0 unspecified atom stereocenters. The van der Waals surface area contributed by atoms with Crippen LogP contribution in [0.4, 0.5) is 0 Å². The Morgan fingerprint density at radius 2 is 1.92 bits per heavy atom. The van der Waals surface area contributed by atoms with Gasteiger partial charge >= 0.3 is 0 Å². The maximum Gasteiger partial charge on any atom is 0.124 e. The molecule has 0 bridgehead atoms. The van der Waals surface area contributed by atoms with Gasteiger partial charge in [-0.2, -0.15) is 0 Å². The predicted molar refractivity (Wildman–Crippen MR) is 105 cm³/mol. The Hall–Kier alpha value is -1.36. The molecule has 1 aromatic heterocycles. The quantitative estimate of drug-likeness (QED) is 0.459. The summed E-state index contributed by atoms with van der Waals surface area (Å²) in [6, 6.07) is 8.93. The van der Waals surface area contributed by atoms with Crippen LogP contribution in [-0.4, -0.2) is 24.2 Å². The van der Waals surface area contributed by atoms with Gasteiger partial charge in [-0.05, 0) is 30.2 Å². The molecule has 2 rings (SSSR count). The molecular formula is C19H27ClN2OSi. The molecule has 3 nitrogen and oxygen atoms in total. The predicted octanol–water partition coefficient (Wildman–Crippen LogP) is 5.47. The largest absolute Gasteiger partial charge is 0.361 e. The van der Waals surface area contributed by atoms with Gasteiger partial charge in [-0.25, -0.2) is 4.98 Å². The lowest BCUT2D eigenvalue weighted by Gasteiger charge is -2.17. The summed E-state index contributed by atoms with van der Waals surface area (Å²) in [7, 11) is -1.07. The number of aryl methyl sites for hydroxylation is 1. The molecule has 24 heavy (non-hydrogen) atoms. The molecule has 0 aliphatic carbocycles. The minimum absolute atomic E-state index is 0.513. The summed E-state index contributed by atoms with van der Waals surface area (Å²) >= 11 is 5.99. The lowest BCUT2D eigenvalue weighted by Crippen LogP contribution is -2.22. The molecule has 0 fully saturated rings. The summed E-state index contributed by atoms with van der Waals surface area (Å²) in [6.45, 7) is 14.8. The Balaban J connectivity index is 2.14. The lowest BCUT2D eigenvalue weighted by atomic mass is 10.0. The number of hydrogen-bond acceptors (Lipinski definition) is 2. The molecule has 2 aromatic rings. The van der Waals surface area contributed by atoms with Gasteiger partial charge in [0.15, 0.2) is 0 Å². The molecule has 0 aliphatic heterocycles. The number of imidazole rings is 1. The van der Waals surface area contributed by atoms with E-state index >= 15 is 0 Å². The van der Waals surface area contributed by atoms with Crippen LogP contribution in [0.1, 0.15) is 23.9 Å². The van der Waals surface area contributed by atoms with Crippen molar-refractivity contribution in [3.63, 3.8) is 0 Å². The zero-order chi connectivity index (χ0) is 17.7. The van der Waals surface area contributed by atoms with Crippen molar-refractivity contribution < 1.29 is 4.74 Å². The number of halogens is 1. The second-order valence-electron chi connectivity index (χ2n) is 7.20. The Bertz CT molecular complexity index is 686. The van der Waals surface area contributed by atoms with E-state index in [1.54, 1.807) is 0 Å². The molecule has 1 heterocycles. The fraction of sp³-hybridized carbons (Fsp3) is 0.421. The Morgan fingerprint density at radius 3 is 2.50 bits per heavy atom. The van der Waals surface area contributed by atoms with Gasteiger partial charge in [0.2, 0.25) is 0 Å². The van der Waals surface area contributed by atoms with Crippen molar-refractivity contribution in [2.45, 2.75) is 45.8 Å². The summed E-state index contributed by atoms with van der Waals surface area (Å²) in [5, 5.41) is 0.727. The number of hydrogen-bond donors (Lipinski definition) is 0. The third-order valence-electron chi connectivity index (χ3n) is 3.95. The van der Waals surface area contributed by atoms with E-state index in [0.717, 1.165) is 46.6 Å². The number of aromatic nitrogens is 2. The third kappa shape index (κ3) is 5.07. The normalized spacial score (nSPS) is 11.7. The van der Waals surface area contributed by atoms with Gasteiger partial charge < -0.3 is 9.30 Å². The molecule has 130 valence electrons. The first-order valence-electron chi connectivity index (χ1n) is 8.39. The van der Waals surface area contributed by atoms with E-state index in [2.05, 4.69) is 42.7 Å². The average Bonchev–Trinajstić information content (AvgIpc) is 2.93. The minimum atomic E-state index is -1.07. The number of ether oxygens (including phenoxy) is 1. The van der Waals surface area contributed by atoms with Crippen LogP contribution in [0.2, 0.25) is 30.7 Å². The van der Waals surface area contributed by atoms with Crippen LogP contribution < -0.4 is 0 Å². The van der Waals surface area contributed by atoms with E-state index < -0.39 is 8.07 Å². The van der Waals surface area contributed by atoms with Crippen molar-refractivity contribution in [1.82, 2.24) is 9.55 Å². The van der Waals surface area contributed by atoms with Gasteiger partial charge in [0, 0.05) is 25.3 Å². The maximum atomic E-state index is 5.99. The first-order valence-corrected chi connectivity index (χ1v) is 12.5. The van der Waals surface area contributed by atoms with E-state index in [0.29, 0.717) is 6.73 Å². The first-order chi connectivity index (χ1) is 11.3. The molecule has 0 N–H and O–H groups in total. The second kappa shape index (κ2) is 8.14. The van der Waals surface area contributed by atoms with E-state index in [4.69, 9.17) is 16.3 Å². The highest BCUT2D eigenvalue weighted by Gasteiger charge is 2.16. The van der Waals surface area contributed by atoms with Crippen LogP contribution >= 0.6 is 11.6 Å². The van der Waals surface area contributed by atoms with E-state index in [1.807, 2.05) is 30.6 Å². The van der Waals surface area contributed by atoms with Crippen molar-refractivity contribution in [3.8, 4) is 0 Å². The first kappa shape index (κ1) is 19.0. The Morgan fingerprint density at radius 1 is 1.25 bits per heavy atom. The smallest absolute Gasteiger partial charge is 0.124 e. The lowest BCUT2D eigenvalue weighted by molar-refractivity contribution is 0.0866. The van der Waals surface area contributed by atoms with Crippen LogP contribution in [0.25, 0.3) is 5.57 Å². The number of rotatable bonds is 8. The van der Waals surface area contributed by atoms with Crippen LogP contribution in [0.3, 0.4) is 0 Å². The molecule has 0 spiro atoms. The highest BCUT2D eigenvalue weighted by Crippen LogP contribution is 2.26. The SMILES string of the molecule is C=C(c1ccc(Cl)cc1)c1c(CC)ncn1COCC[Si](C)(C)C. The Kier molecular flexibility index (Phi) is 6.44. The van der Waals surface area contributed by atoms with Gasteiger partial charge in [-0.1, -0.05) is 56.9 Å². The fourth-order valence-corrected chi connectivity index (χ4v) is 3.34. The standard InChI is InChI=1S/C19H27ClN2OSi/c1-6-18-19(15(2)16-7-9-17(20)10-8-16)22(13-21-18)14-23-11-12-24(3,4)5/h7-10,13H,2,6,11-12,14H2,1,3-5H3. The van der Waals surface area contributed by atoms with Crippen LogP contribution in [0.15, 0.2) is 37.2 Å². The molecular weight excluding hydrogens is 336 g/mol. The van der Waals surface area contributed by atoms with Crippen LogP contribution in [-0.2, 0) is 17.9 Å². The third-order valence-corrected chi connectivity index (χ3v) is 5.91. The molecule has 0 saturated heterocycles. The van der Waals surface area contributed by atoms with Gasteiger partial charge in [-0.3, -0.25) is 0 Å². The summed E-state index contributed by atoms with van der Waals surface area (Å²) in [5.74, 6) is 0. The average molecular weight is 363 g/mol. The van der Waals surface area contributed by atoms with Crippen molar-refractivity contribution in [1.29, 1.82) is 0 Å². The second-order valence-corrected chi connectivity index (χ2v) is 13.3. The van der Waals surface area contributed by atoms with Crippen molar-refractivity contribution >= 4 is 25.2 Å². The van der Waals surface area contributed by atoms with Crippen molar-refractivity contribution in [2.24, 2.45) is 0 Å². The molecule has 0 saturated carbocycles. The summed E-state index contributed by atoms with van der Waals surface area (Å²) in [4.78, 5) is 4.53. The summed E-state index contributed by atoms with van der Waals surface area (Å²) < 4.78 is 7.95. The van der Waals surface area contributed by atoms with Crippen LogP contribution in [0, 0.1) is 0 Å². The van der Waals surface area contributed by atoms with Gasteiger partial charge in [0.1, 0.15) is 6.73 Å².